The summed E-state index contributed by atoms with van der Waals surface area (Å²) in [5, 5.41) is 6.66. The van der Waals surface area contributed by atoms with Gasteiger partial charge in [0, 0.05) is 18.5 Å². The Bertz CT molecular complexity index is 349. The van der Waals surface area contributed by atoms with Crippen LogP contribution in [0.5, 0.6) is 0 Å². The molecule has 0 saturated carbocycles. The zero-order chi connectivity index (χ0) is 11.6. The lowest BCUT2D eigenvalue weighted by Crippen LogP contribution is -2.29. The van der Waals surface area contributed by atoms with E-state index in [-0.39, 0.29) is 5.60 Å². The Hall–Kier alpha value is -0.450. The fraction of sp³-hybridized carbons (Fsp3) is 0.750. The summed E-state index contributed by atoms with van der Waals surface area (Å²) in [6.45, 7) is 8.15. The third kappa shape index (κ3) is 3.27. The van der Waals surface area contributed by atoms with E-state index in [0.717, 1.165) is 36.6 Å². The molecule has 0 aliphatic carbocycles. The molecule has 1 aromatic rings. The molecule has 0 bridgehead atoms. The lowest BCUT2D eigenvalue weighted by molar-refractivity contribution is -0.0143. The molecule has 1 N–H and O–H groups in total. The van der Waals surface area contributed by atoms with E-state index in [2.05, 4.69) is 29.5 Å². The number of aryl methyl sites for hydroxylation is 1. The van der Waals surface area contributed by atoms with Crippen LogP contribution in [-0.2, 0) is 11.3 Å². The van der Waals surface area contributed by atoms with Crippen molar-refractivity contribution in [2.24, 2.45) is 0 Å². The first-order valence-corrected chi connectivity index (χ1v) is 6.73. The highest BCUT2D eigenvalue weighted by Gasteiger charge is 2.31. The van der Waals surface area contributed by atoms with E-state index in [1.54, 1.807) is 11.3 Å². The van der Waals surface area contributed by atoms with Gasteiger partial charge in [0.05, 0.1) is 22.4 Å². The van der Waals surface area contributed by atoms with E-state index in [4.69, 9.17) is 4.74 Å². The second-order valence-corrected chi connectivity index (χ2v) is 6.09. The van der Waals surface area contributed by atoms with Crippen molar-refractivity contribution in [3.05, 3.63) is 16.1 Å². The molecule has 16 heavy (non-hydrogen) atoms. The van der Waals surface area contributed by atoms with E-state index in [1.165, 1.54) is 0 Å². The van der Waals surface area contributed by atoms with Crippen LogP contribution in [0, 0.1) is 6.92 Å². The molecule has 1 aliphatic rings. The molecule has 1 aromatic heterocycles. The van der Waals surface area contributed by atoms with Gasteiger partial charge in [-0.2, -0.15) is 0 Å². The molecule has 90 valence electrons. The van der Waals surface area contributed by atoms with Gasteiger partial charge in [-0.1, -0.05) is 0 Å². The Morgan fingerprint density at radius 2 is 2.44 bits per heavy atom. The molecular formula is C12H20N2OS. The van der Waals surface area contributed by atoms with Gasteiger partial charge in [0.15, 0.2) is 0 Å². The van der Waals surface area contributed by atoms with Crippen molar-refractivity contribution in [1.29, 1.82) is 0 Å². The van der Waals surface area contributed by atoms with Crippen LogP contribution in [0.4, 0.5) is 0 Å². The first-order valence-electron chi connectivity index (χ1n) is 5.85. The van der Waals surface area contributed by atoms with Crippen molar-refractivity contribution in [2.45, 2.75) is 51.9 Å². The van der Waals surface area contributed by atoms with Crippen molar-refractivity contribution < 1.29 is 4.74 Å². The molecule has 3 nitrogen and oxygen atoms in total. The number of rotatable bonds is 4. The van der Waals surface area contributed by atoms with Crippen LogP contribution in [0.2, 0.25) is 0 Å². The van der Waals surface area contributed by atoms with Gasteiger partial charge >= 0.3 is 0 Å². The second-order valence-electron chi connectivity index (χ2n) is 5.03. The average molecular weight is 240 g/mol. The van der Waals surface area contributed by atoms with Crippen molar-refractivity contribution in [3.63, 3.8) is 0 Å². The molecule has 0 amide bonds. The summed E-state index contributed by atoms with van der Waals surface area (Å²) in [4.78, 5) is 4.42. The highest BCUT2D eigenvalue weighted by atomic mass is 32.1. The molecule has 2 rings (SSSR count). The lowest BCUT2D eigenvalue weighted by atomic mass is 10.1. The van der Waals surface area contributed by atoms with Crippen LogP contribution in [0.1, 0.15) is 37.4 Å². The molecule has 1 aliphatic heterocycles. The fourth-order valence-electron chi connectivity index (χ4n) is 2.07. The topological polar surface area (TPSA) is 34.2 Å². The predicted octanol–water partition coefficient (Wildman–Crippen LogP) is 2.50. The van der Waals surface area contributed by atoms with E-state index in [0.29, 0.717) is 6.10 Å². The average Bonchev–Trinajstić information content (AvgIpc) is 2.73. The Kier molecular flexibility index (Phi) is 3.62. The number of thiazole rings is 1. The van der Waals surface area contributed by atoms with Gasteiger partial charge in [0.2, 0.25) is 0 Å². The normalized spacial score (nSPS) is 23.8. The van der Waals surface area contributed by atoms with Gasteiger partial charge in [-0.05, 0) is 33.6 Å². The zero-order valence-corrected chi connectivity index (χ0v) is 11.1. The van der Waals surface area contributed by atoms with Crippen molar-refractivity contribution in [3.8, 4) is 0 Å². The largest absolute Gasteiger partial charge is 0.371 e. The van der Waals surface area contributed by atoms with E-state index in [9.17, 15) is 0 Å². The van der Waals surface area contributed by atoms with Crippen molar-refractivity contribution in [2.75, 3.05) is 6.54 Å². The number of nitrogens with one attached hydrogen (secondary N) is 1. The molecule has 0 aromatic carbocycles. The highest BCUT2D eigenvalue weighted by molar-refractivity contribution is 7.09. The molecular weight excluding hydrogens is 220 g/mol. The maximum atomic E-state index is 5.91. The standard InChI is InChI=1S/C12H20N2OS/c1-9-14-10(8-16-9)6-13-7-11-4-5-12(2,3)15-11/h8,11,13H,4-7H2,1-3H3. The van der Waals surface area contributed by atoms with E-state index >= 15 is 0 Å². The predicted molar refractivity (Wildman–Crippen MR) is 66.7 cm³/mol. The Morgan fingerprint density at radius 3 is 3.00 bits per heavy atom. The van der Waals surface area contributed by atoms with Crippen LogP contribution < -0.4 is 5.32 Å². The van der Waals surface area contributed by atoms with Gasteiger partial charge in [0.25, 0.3) is 0 Å². The monoisotopic (exact) mass is 240 g/mol. The number of aromatic nitrogens is 1. The number of ether oxygens (including phenoxy) is 1. The van der Waals surface area contributed by atoms with Crippen LogP contribution in [0.25, 0.3) is 0 Å². The Labute approximate surface area is 101 Å². The summed E-state index contributed by atoms with van der Waals surface area (Å²) in [5.74, 6) is 0. The lowest BCUT2D eigenvalue weighted by Gasteiger charge is -2.19. The Balaban J connectivity index is 1.69. The minimum atomic E-state index is 0.0730. The summed E-state index contributed by atoms with van der Waals surface area (Å²) in [7, 11) is 0. The number of hydrogen-bond donors (Lipinski definition) is 1. The van der Waals surface area contributed by atoms with Crippen LogP contribution in [0.15, 0.2) is 5.38 Å². The van der Waals surface area contributed by atoms with Gasteiger partial charge in [-0.15, -0.1) is 11.3 Å². The highest BCUT2D eigenvalue weighted by Crippen LogP contribution is 2.28. The van der Waals surface area contributed by atoms with Gasteiger partial charge in [0.1, 0.15) is 0 Å². The van der Waals surface area contributed by atoms with Crippen LogP contribution in [-0.4, -0.2) is 23.2 Å². The molecule has 2 heterocycles. The number of hydrogen-bond acceptors (Lipinski definition) is 4. The fourth-order valence-corrected chi connectivity index (χ4v) is 2.68. The van der Waals surface area contributed by atoms with Gasteiger partial charge in [-0.3, -0.25) is 0 Å². The summed E-state index contributed by atoms with van der Waals surface area (Å²) in [6.07, 6.45) is 2.69. The minimum Gasteiger partial charge on any atom is -0.371 e. The van der Waals surface area contributed by atoms with E-state index in [1.807, 2.05) is 6.92 Å². The molecule has 4 heteroatoms. The molecule has 0 radical (unpaired) electrons. The summed E-state index contributed by atoms with van der Waals surface area (Å²) >= 11 is 1.70. The summed E-state index contributed by atoms with van der Waals surface area (Å²) < 4.78 is 5.91. The van der Waals surface area contributed by atoms with Crippen molar-refractivity contribution >= 4 is 11.3 Å². The quantitative estimate of drug-likeness (QED) is 0.878. The third-order valence-corrected chi connectivity index (χ3v) is 3.72. The smallest absolute Gasteiger partial charge is 0.0897 e. The third-order valence-electron chi connectivity index (χ3n) is 2.90. The maximum Gasteiger partial charge on any atom is 0.0897 e. The van der Waals surface area contributed by atoms with Gasteiger partial charge < -0.3 is 10.1 Å². The van der Waals surface area contributed by atoms with Gasteiger partial charge in [-0.25, -0.2) is 4.98 Å². The SMILES string of the molecule is Cc1nc(CNCC2CCC(C)(C)O2)cs1. The molecule has 1 fully saturated rings. The molecule has 1 saturated heterocycles. The summed E-state index contributed by atoms with van der Waals surface area (Å²) in [5.41, 5.74) is 1.21. The molecule has 1 unspecified atom stereocenters. The first-order chi connectivity index (χ1) is 7.55. The Morgan fingerprint density at radius 1 is 1.62 bits per heavy atom. The second kappa shape index (κ2) is 4.82. The zero-order valence-electron chi connectivity index (χ0n) is 10.2. The van der Waals surface area contributed by atoms with Crippen molar-refractivity contribution in [1.82, 2.24) is 10.3 Å². The minimum absolute atomic E-state index is 0.0730. The van der Waals surface area contributed by atoms with Crippen LogP contribution in [0.3, 0.4) is 0 Å². The van der Waals surface area contributed by atoms with Crippen LogP contribution >= 0.6 is 11.3 Å². The summed E-state index contributed by atoms with van der Waals surface area (Å²) in [6, 6.07) is 0. The molecule has 0 spiro atoms. The first kappa shape index (κ1) is 12.0. The number of nitrogens with zero attached hydrogens (tertiary/aromatic N) is 1. The van der Waals surface area contributed by atoms with E-state index < -0.39 is 0 Å². The molecule has 1 atom stereocenters. The maximum absolute atomic E-state index is 5.91.